The van der Waals surface area contributed by atoms with Crippen molar-refractivity contribution < 1.29 is 9.84 Å². The fourth-order valence-electron chi connectivity index (χ4n) is 2.81. The molecule has 0 radical (unpaired) electrons. The van der Waals surface area contributed by atoms with Gasteiger partial charge in [0.25, 0.3) is 0 Å². The molecule has 1 saturated heterocycles. The summed E-state index contributed by atoms with van der Waals surface area (Å²) in [4.78, 5) is 2.44. The number of hydrogen-bond acceptors (Lipinski definition) is 3. The minimum atomic E-state index is 0.0729. The first-order valence-corrected chi connectivity index (χ1v) is 7.20. The van der Waals surface area contributed by atoms with Crippen molar-refractivity contribution in [3.63, 3.8) is 0 Å². The maximum atomic E-state index is 9.49. The number of rotatable bonds is 5. The molecule has 0 amide bonds. The predicted molar refractivity (Wildman–Crippen MR) is 77.3 cm³/mol. The number of nitrogens with zero attached hydrogens (tertiary/aromatic N) is 1. The Morgan fingerprint density at radius 3 is 2.68 bits per heavy atom. The van der Waals surface area contributed by atoms with E-state index < -0.39 is 0 Å². The van der Waals surface area contributed by atoms with Gasteiger partial charge in [0.2, 0.25) is 0 Å². The summed E-state index contributed by atoms with van der Waals surface area (Å²) < 4.78 is 5.45. The van der Waals surface area contributed by atoms with Crippen LogP contribution in [0.1, 0.15) is 32.3 Å². The van der Waals surface area contributed by atoms with Crippen molar-refractivity contribution in [1.82, 2.24) is 4.90 Å². The van der Waals surface area contributed by atoms with E-state index in [2.05, 4.69) is 24.0 Å². The van der Waals surface area contributed by atoms with E-state index in [0.717, 1.165) is 31.8 Å². The van der Waals surface area contributed by atoms with Crippen molar-refractivity contribution >= 4 is 0 Å². The van der Waals surface area contributed by atoms with Crippen LogP contribution in [-0.4, -0.2) is 36.3 Å². The van der Waals surface area contributed by atoms with E-state index in [0.29, 0.717) is 6.61 Å². The molecule has 19 heavy (non-hydrogen) atoms. The Labute approximate surface area is 116 Å². The van der Waals surface area contributed by atoms with Gasteiger partial charge < -0.3 is 9.84 Å². The predicted octanol–water partition coefficient (Wildman–Crippen LogP) is 2.68. The van der Waals surface area contributed by atoms with Crippen molar-refractivity contribution in [2.45, 2.75) is 33.2 Å². The molecule has 0 aliphatic carbocycles. The number of aliphatic hydroxyl groups excluding tert-OH is 1. The van der Waals surface area contributed by atoms with E-state index in [-0.39, 0.29) is 12.0 Å². The Morgan fingerprint density at radius 1 is 1.32 bits per heavy atom. The van der Waals surface area contributed by atoms with Gasteiger partial charge in [0.15, 0.2) is 0 Å². The average Bonchev–Trinajstić information content (AvgIpc) is 2.42. The third-order valence-electron chi connectivity index (χ3n) is 3.88. The summed E-state index contributed by atoms with van der Waals surface area (Å²) in [5.74, 6) is 0.935. The first kappa shape index (κ1) is 14.4. The topological polar surface area (TPSA) is 32.7 Å². The van der Waals surface area contributed by atoms with Gasteiger partial charge in [-0.25, -0.2) is 0 Å². The molecule has 0 bridgehead atoms. The number of aliphatic hydroxyl groups is 1. The van der Waals surface area contributed by atoms with Crippen molar-refractivity contribution in [3.8, 4) is 5.75 Å². The standard InChI is InChI=1S/C16H25NO2/c1-3-19-15-7-5-14(6-8-15)11-17-10-4-9-16(2,12-17)13-18/h5-8,18H,3-4,9-13H2,1-2H3. The molecule has 2 rings (SSSR count). The second-order valence-corrected chi connectivity index (χ2v) is 5.86. The van der Waals surface area contributed by atoms with Crippen molar-refractivity contribution in [1.29, 1.82) is 0 Å². The summed E-state index contributed by atoms with van der Waals surface area (Å²) >= 11 is 0. The highest BCUT2D eigenvalue weighted by molar-refractivity contribution is 5.27. The highest BCUT2D eigenvalue weighted by Crippen LogP contribution is 2.29. The van der Waals surface area contributed by atoms with Gasteiger partial charge in [-0.1, -0.05) is 19.1 Å². The minimum Gasteiger partial charge on any atom is -0.494 e. The number of ether oxygens (including phenoxy) is 1. The molecule has 1 atom stereocenters. The maximum absolute atomic E-state index is 9.49. The van der Waals surface area contributed by atoms with Crippen molar-refractivity contribution in [2.75, 3.05) is 26.3 Å². The van der Waals surface area contributed by atoms with Crippen LogP contribution in [0.15, 0.2) is 24.3 Å². The van der Waals surface area contributed by atoms with Crippen LogP contribution in [0.3, 0.4) is 0 Å². The number of benzene rings is 1. The Bertz CT molecular complexity index is 390. The van der Waals surface area contributed by atoms with E-state index in [1.54, 1.807) is 0 Å². The number of piperidine rings is 1. The van der Waals surface area contributed by atoms with E-state index in [1.807, 2.05) is 19.1 Å². The lowest BCUT2D eigenvalue weighted by Crippen LogP contribution is -2.43. The smallest absolute Gasteiger partial charge is 0.119 e. The fourth-order valence-corrected chi connectivity index (χ4v) is 2.81. The van der Waals surface area contributed by atoms with Gasteiger partial charge in [-0.2, -0.15) is 0 Å². The number of hydrogen-bond donors (Lipinski definition) is 1. The lowest BCUT2D eigenvalue weighted by molar-refractivity contribution is 0.0429. The first-order valence-electron chi connectivity index (χ1n) is 7.20. The summed E-state index contributed by atoms with van der Waals surface area (Å²) in [6.45, 7) is 8.24. The summed E-state index contributed by atoms with van der Waals surface area (Å²) in [6, 6.07) is 8.34. The molecule has 0 aromatic heterocycles. The Balaban J connectivity index is 1.93. The average molecular weight is 263 g/mol. The highest BCUT2D eigenvalue weighted by Gasteiger charge is 2.30. The van der Waals surface area contributed by atoms with E-state index in [1.165, 1.54) is 12.0 Å². The lowest BCUT2D eigenvalue weighted by Gasteiger charge is -2.39. The zero-order chi connectivity index (χ0) is 13.7. The van der Waals surface area contributed by atoms with Gasteiger partial charge in [0, 0.05) is 25.1 Å². The Hall–Kier alpha value is -1.06. The molecule has 1 aliphatic rings. The molecule has 3 heteroatoms. The quantitative estimate of drug-likeness (QED) is 0.886. The van der Waals surface area contributed by atoms with E-state index in [9.17, 15) is 5.11 Å². The first-order chi connectivity index (χ1) is 9.15. The zero-order valence-electron chi connectivity index (χ0n) is 12.1. The molecule has 3 nitrogen and oxygen atoms in total. The zero-order valence-corrected chi connectivity index (χ0v) is 12.1. The SMILES string of the molecule is CCOc1ccc(CN2CCCC(C)(CO)C2)cc1. The third-order valence-corrected chi connectivity index (χ3v) is 3.88. The Morgan fingerprint density at radius 2 is 2.05 bits per heavy atom. The molecule has 1 unspecified atom stereocenters. The van der Waals surface area contributed by atoms with Crippen LogP contribution in [0, 0.1) is 5.41 Å². The molecule has 106 valence electrons. The van der Waals surface area contributed by atoms with Crippen molar-refractivity contribution in [3.05, 3.63) is 29.8 Å². The second-order valence-electron chi connectivity index (χ2n) is 5.86. The van der Waals surface area contributed by atoms with Gasteiger partial charge in [0.05, 0.1) is 6.61 Å². The molecule has 1 N–H and O–H groups in total. The summed E-state index contributed by atoms with van der Waals surface area (Å²) in [7, 11) is 0. The van der Waals surface area contributed by atoms with E-state index in [4.69, 9.17) is 4.74 Å². The molecule has 1 aromatic rings. The molecule has 0 spiro atoms. The summed E-state index contributed by atoms with van der Waals surface area (Å²) in [5.41, 5.74) is 1.38. The van der Waals surface area contributed by atoms with Crippen LogP contribution in [0.25, 0.3) is 0 Å². The van der Waals surface area contributed by atoms with Gasteiger partial charge in [-0.05, 0) is 44.0 Å². The van der Waals surface area contributed by atoms with Gasteiger partial charge in [0.1, 0.15) is 5.75 Å². The van der Waals surface area contributed by atoms with Gasteiger partial charge in [-0.15, -0.1) is 0 Å². The highest BCUT2D eigenvalue weighted by atomic mass is 16.5. The van der Waals surface area contributed by atoms with Gasteiger partial charge >= 0.3 is 0 Å². The van der Waals surface area contributed by atoms with Gasteiger partial charge in [-0.3, -0.25) is 4.90 Å². The molecule has 1 aliphatic heterocycles. The van der Waals surface area contributed by atoms with Crippen LogP contribution < -0.4 is 4.74 Å². The Kier molecular flexibility index (Phi) is 4.83. The van der Waals surface area contributed by atoms with E-state index >= 15 is 0 Å². The molecule has 1 fully saturated rings. The summed E-state index contributed by atoms with van der Waals surface area (Å²) in [5, 5.41) is 9.49. The van der Waals surface area contributed by atoms with Crippen LogP contribution in [-0.2, 0) is 6.54 Å². The second kappa shape index (κ2) is 6.40. The van der Waals surface area contributed by atoms with Crippen LogP contribution >= 0.6 is 0 Å². The summed E-state index contributed by atoms with van der Waals surface area (Å²) in [6.07, 6.45) is 2.30. The molecule has 0 saturated carbocycles. The van der Waals surface area contributed by atoms with Crippen LogP contribution in [0.4, 0.5) is 0 Å². The normalized spacial score (nSPS) is 24.4. The maximum Gasteiger partial charge on any atom is 0.119 e. The lowest BCUT2D eigenvalue weighted by atomic mass is 9.82. The van der Waals surface area contributed by atoms with Crippen molar-refractivity contribution in [2.24, 2.45) is 5.41 Å². The number of likely N-dealkylation sites (tertiary alicyclic amines) is 1. The largest absolute Gasteiger partial charge is 0.494 e. The molecular formula is C16H25NO2. The molecule has 1 heterocycles. The third kappa shape index (κ3) is 3.95. The molecular weight excluding hydrogens is 238 g/mol. The molecule has 1 aromatic carbocycles. The van der Waals surface area contributed by atoms with Crippen LogP contribution in [0.5, 0.6) is 5.75 Å². The fraction of sp³-hybridized carbons (Fsp3) is 0.625. The monoisotopic (exact) mass is 263 g/mol. The van der Waals surface area contributed by atoms with Crippen LogP contribution in [0.2, 0.25) is 0 Å². The minimum absolute atomic E-state index is 0.0729.